The molecule has 3 aliphatic heterocycles. The van der Waals surface area contributed by atoms with Gasteiger partial charge in [0.05, 0.1) is 6.07 Å². The third kappa shape index (κ3) is 11.8. The molecule has 0 aromatic carbocycles. The van der Waals surface area contributed by atoms with Gasteiger partial charge in [0.25, 0.3) is 23.7 Å². The third-order valence-corrected chi connectivity index (χ3v) is 21.3. The Morgan fingerprint density at radius 3 is 1.11 bits per heavy atom. The molecular formula is C63H71F7N16O5. The van der Waals surface area contributed by atoms with Gasteiger partial charge in [-0.3, -0.25) is 39.9 Å². The number of likely N-dealkylation sites (tertiary alicyclic amines) is 3. The lowest BCUT2D eigenvalue weighted by Crippen LogP contribution is -2.61. The number of amides is 5. The predicted octanol–water partition coefficient (Wildman–Crippen LogP) is 9.34. The summed E-state index contributed by atoms with van der Waals surface area (Å²) in [5, 5.41) is 29.1. The number of carbonyl (C=O) groups excluding carboxylic acids is 5. The van der Waals surface area contributed by atoms with Crippen molar-refractivity contribution in [2.75, 3.05) is 61.8 Å². The summed E-state index contributed by atoms with van der Waals surface area (Å²) in [6, 6.07) is 19.0. The quantitative estimate of drug-likeness (QED) is 0.0968. The number of anilines is 3. The molecule has 3 N–H and O–H groups in total. The Balaban J connectivity index is 0.000000119. The minimum Gasteiger partial charge on any atom is -0.341 e. The first kappa shape index (κ1) is 60.7. The number of nitrogens with one attached hydrogen (secondary N) is 3. The summed E-state index contributed by atoms with van der Waals surface area (Å²) in [5.74, 6) is -14.2. The fourth-order valence-electron chi connectivity index (χ4n) is 15.2. The van der Waals surface area contributed by atoms with Crippen LogP contribution in [0.15, 0.2) is 54.6 Å². The maximum atomic E-state index is 14.0. The van der Waals surface area contributed by atoms with E-state index in [2.05, 4.69) is 64.1 Å². The fraction of sp³-hybridized carbons (Fsp3) is 0.619. The first-order valence-electron chi connectivity index (χ1n) is 31.9. The lowest BCUT2D eigenvalue weighted by Gasteiger charge is -2.53. The summed E-state index contributed by atoms with van der Waals surface area (Å²) in [6.45, 7) is 8.48. The van der Waals surface area contributed by atoms with Gasteiger partial charge in [-0.15, -0.1) is 15.3 Å². The Morgan fingerprint density at radius 1 is 0.495 bits per heavy atom. The van der Waals surface area contributed by atoms with Crippen molar-refractivity contribution >= 4 is 64.3 Å². The second-order valence-electron chi connectivity index (χ2n) is 27.8. The first-order valence-corrected chi connectivity index (χ1v) is 31.9. The third-order valence-electron chi connectivity index (χ3n) is 21.3. The van der Waals surface area contributed by atoms with E-state index in [1.54, 1.807) is 35.5 Å². The topological polar surface area (TPSA) is 246 Å². The van der Waals surface area contributed by atoms with Crippen LogP contribution >= 0.6 is 0 Å². The minimum atomic E-state index is -2.93. The Hall–Kier alpha value is -7.83. The molecule has 5 amide bonds. The van der Waals surface area contributed by atoms with Crippen LogP contribution in [0.1, 0.15) is 157 Å². The van der Waals surface area contributed by atoms with Gasteiger partial charge < -0.3 is 14.7 Å². The van der Waals surface area contributed by atoms with Gasteiger partial charge in [-0.1, -0.05) is 25.1 Å². The van der Waals surface area contributed by atoms with Crippen molar-refractivity contribution in [3.05, 3.63) is 71.7 Å². The summed E-state index contributed by atoms with van der Waals surface area (Å²) in [5.41, 5.74) is 3.92. The fourth-order valence-corrected chi connectivity index (χ4v) is 15.2. The number of rotatable bonds is 12. The number of alkyl halides is 7. The van der Waals surface area contributed by atoms with Crippen LogP contribution in [-0.2, 0) is 24.0 Å². The van der Waals surface area contributed by atoms with Crippen LogP contribution in [-0.4, -0.2) is 157 Å². The maximum Gasteiger partial charge on any atom is 0.260 e. The van der Waals surface area contributed by atoms with Crippen molar-refractivity contribution in [3.8, 4) is 6.07 Å². The monoisotopic (exact) mass is 1260 g/mol. The average molecular weight is 1270 g/mol. The standard InChI is InChI=1S/C22H24F3N5O2.C21H22F2N6O2.C20H25F2N5O/c23-21(8-9-21)18(32)29-11-20(12-29)6-4-13(5-7-20)15-2-1-3-16-26-19(28-30(15)16)27-17(31)14-10-22(14,24)25;22-21(23)10-14(21)18(31)26-19-25-16-3-1-2-15(29(16)27-19)13-4-7-20(8-5-13)11-28(12-20)17(30)6-9-24;1-2-26-11-19(12-26)8-6-13(7-9-19)15-4-3-5-16-23-18(25-27(15)16)24-17(28)14-10-20(14,21)22/h1-3,13-14H,4-12H2,(H,27,28,31);1-3,13-14H,4-8,10-12H2,(H,26,27,31);3-5,13-14H,2,6-12H2,1H3,(H,24,25,28)/t3*14-/m000/s1. The van der Waals surface area contributed by atoms with Gasteiger partial charge in [0.1, 0.15) is 24.2 Å². The zero-order valence-electron chi connectivity index (χ0n) is 50.3. The van der Waals surface area contributed by atoms with Crippen LogP contribution in [0.2, 0.25) is 0 Å². The van der Waals surface area contributed by atoms with E-state index in [1.165, 1.54) is 25.9 Å². The number of pyridine rings is 3. The SMILES string of the molecule is CCN1CC2(CCC(c3cccc4nc(NC(=O)[C@@H]5CC5(F)F)nn34)CC2)C1.N#CCC(=O)N1CC2(CCC(c3cccc4nc(NC(=O)[C@@H]5CC5(F)F)nn34)CC2)C1.O=C(Nc1nc2cccc(C3CCC4(CC3)CN(C(=O)C3(F)CC3)C4)n2n1)[C@@H]1CC1(F)F. The van der Waals surface area contributed by atoms with E-state index >= 15 is 0 Å². The van der Waals surface area contributed by atoms with Gasteiger partial charge in [0.2, 0.25) is 41.5 Å². The van der Waals surface area contributed by atoms with E-state index in [9.17, 15) is 54.7 Å². The molecule has 482 valence electrons. The number of nitrogens with zero attached hydrogens (tertiary/aromatic N) is 13. The van der Waals surface area contributed by atoms with Crippen LogP contribution < -0.4 is 16.0 Å². The zero-order chi connectivity index (χ0) is 63.6. The molecule has 0 unspecified atom stereocenters. The van der Waals surface area contributed by atoms with E-state index in [1.807, 2.05) is 42.5 Å². The van der Waals surface area contributed by atoms with Gasteiger partial charge >= 0.3 is 0 Å². The van der Waals surface area contributed by atoms with Crippen molar-refractivity contribution in [1.29, 1.82) is 5.26 Å². The molecule has 0 radical (unpaired) electrons. The molecule has 6 aromatic heterocycles. The van der Waals surface area contributed by atoms with Crippen molar-refractivity contribution in [2.45, 2.75) is 164 Å². The second-order valence-corrected chi connectivity index (χ2v) is 27.8. The molecule has 10 fully saturated rings. The highest BCUT2D eigenvalue weighted by molar-refractivity contribution is 5.95. The highest BCUT2D eigenvalue weighted by Gasteiger charge is 2.63. The van der Waals surface area contributed by atoms with Gasteiger partial charge in [-0.05, 0) is 138 Å². The molecule has 3 saturated heterocycles. The molecule has 3 atom stereocenters. The second kappa shape index (κ2) is 22.2. The summed E-state index contributed by atoms with van der Waals surface area (Å²) >= 11 is 0. The van der Waals surface area contributed by atoms with Crippen molar-refractivity contribution in [1.82, 2.24) is 58.5 Å². The predicted molar refractivity (Wildman–Crippen MR) is 314 cm³/mol. The van der Waals surface area contributed by atoms with Crippen LogP contribution in [0.3, 0.4) is 0 Å². The highest BCUT2D eigenvalue weighted by Crippen LogP contribution is 2.54. The molecule has 3 spiro atoms. The summed E-state index contributed by atoms with van der Waals surface area (Å²) < 4.78 is 97.9. The van der Waals surface area contributed by atoms with Gasteiger partial charge in [-0.25, -0.2) is 44.3 Å². The van der Waals surface area contributed by atoms with E-state index in [0.29, 0.717) is 54.2 Å². The van der Waals surface area contributed by atoms with Crippen molar-refractivity contribution in [3.63, 3.8) is 0 Å². The Morgan fingerprint density at radius 2 is 0.813 bits per heavy atom. The van der Waals surface area contributed by atoms with Crippen LogP contribution in [0, 0.1) is 45.3 Å². The van der Waals surface area contributed by atoms with E-state index in [-0.39, 0.29) is 58.7 Å². The smallest absolute Gasteiger partial charge is 0.260 e. The van der Waals surface area contributed by atoms with Crippen LogP contribution in [0.4, 0.5) is 48.6 Å². The first-order chi connectivity index (χ1) is 43.4. The molecule has 10 aliphatic rings. The largest absolute Gasteiger partial charge is 0.341 e. The summed E-state index contributed by atoms with van der Waals surface area (Å²) in [4.78, 5) is 78.7. The summed E-state index contributed by atoms with van der Waals surface area (Å²) in [7, 11) is 0. The molecule has 6 aromatic rings. The number of nitriles is 1. The highest BCUT2D eigenvalue weighted by atomic mass is 19.3. The van der Waals surface area contributed by atoms with Crippen molar-refractivity contribution in [2.24, 2.45) is 34.0 Å². The molecule has 21 nitrogen and oxygen atoms in total. The van der Waals surface area contributed by atoms with Crippen LogP contribution in [0.5, 0.6) is 0 Å². The molecule has 16 rings (SSSR count). The number of halogens is 7. The van der Waals surface area contributed by atoms with Crippen LogP contribution in [0.25, 0.3) is 16.9 Å². The lowest BCUT2D eigenvalue weighted by atomic mass is 9.65. The number of aromatic nitrogens is 9. The molecule has 9 heterocycles. The van der Waals surface area contributed by atoms with E-state index < -0.39 is 78.2 Å². The lowest BCUT2D eigenvalue weighted by molar-refractivity contribution is -0.153. The Kier molecular flexibility index (Phi) is 14.8. The number of hydrogen-bond donors (Lipinski definition) is 3. The van der Waals surface area contributed by atoms with Gasteiger partial charge in [-0.2, -0.15) is 20.2 Å². The molecule has 91 heavy (non-hydrogen) atoms. The van der Waals surface area contributed by atoms with Crippen molar-refractivity contribution < 1.29 is 54.7 Å². The Labute approximate surface area is 518 Å². The average Bonchev–Trinajstić information content (AvgIpc) is 0.973. The summed E-state index contributed by atoms with van der Waals surface area (Å²) in [6.07, 6.45) is 11.6. The molecule has 28 heteroatoms. The molecular weight excluding hydrogens is 1190 g/mol. The molecule has 7 saturated carbocycles. The molecule has 7 aliphatic carbocycles. The minimum absolute atomic E-state index is 0.0332. The number of hydrogen-bond acceptors (Lipinski definition) is 13. The number of fused-ring (bicyclic) bond motifs is 3. The normalized spacial score (nSPS) is 26.4. The maximum absolute atomic E-state index is 14.0. The van der Waals surface area contributed by atoms with E-state index in [4.69, 9.17) is 5.26 Å². The zero-order valence-corrected chi connectivity index (χ0v) is 50.3. The number of carbonyl (C=O) groups is 5. The van der Waals surface area contributed by atoms with E-state index in [0.717, 1.165) is 101 Å². The van der Waals surface area contributed by atoms with Gasteiger partial charge in [0.15, 0.2) is 22.6 Å². The molecule has 0 bridgehead atoms. The van der Waals surface area contributed by atoms with Gasteiger partial charge in [0, 0.05) is 104 Å². The Bertz CT molecular complexity index is 3900.